The molecular formula is C17H17N3O3. The molecule has 0 spiro atoms. The summed E-state index contributed by atoms with van der Waals surface area (Å²) < 4.78 is 10.5. The summed E-state index contributed by atoms with van der Waals surface area (Å²) >= 11 is 0. The van der Waals surface area contributed by atoms with Crippen LogP contribution in [-0.4, -0.2) is 31.5 Å². The second-order valence-electron chi connectivity index (χ2n) is 5.06. The molecule has 0 unspecified atom stereocenters. The van der Waals surface area contributed by atoms with Crippen LogP contribution in [0.3, 0.4) is 0 Å². The van der Waals surface area contributed by atoms with Gasteiger partial charge in [-0.05, 0) is 12.1 Å². The van der Waals surface area contributed by atoms with E-state index in [1.807, 2.05) is 18.2 Å². The number of ether oxygens (including phenoxy) is 2. The van der Waals surface area contributed by atoms with Crippen LogP contribution in [-0.2, 0) is 4.79 Å². The van der Waals surface area contributed by atoms with E-state index < -0.39 is 0 Å². The molecule has 0 amide bonds. The second-order valence-corrected chi connectivity index (χ2v) is 5.06. The van der Waals surface area contributed by atoms with Gasteiger partial charge in [0.1, 0.15) is 17.3 Å². The number of nitrogens with two attached hydrogens (primary N) is 1. The lowest BCUT2D eigenvalue weighted by atomic mass is 10.1. The Morgan fingerprint density at radius 2 is 1.83 bits per heavy atom. The lowest BCUT2D eigenvalue weighted by Crippen LogP contribution is -2.25. The fraction of sp³-hybridized carbons (Fsp3) is 0.176. The van der Waals surface area contributed by atoms with E-state index in [0.717, 1.165) is 5.69 Å². The van der Waals surface area contributed by atoms with Gasteiger partial charge in [-0.3, -0.25) is 9.78 Å². The third-order valence-electron chi connectivity index (χ3n) is 3.70. The molecule has 1 aromatic heterocycles. The van der Waals surface area contributed by atoms with Crippen LogP contribution in [0.2, 0.25) is 0 Å². The van der Waals surface area contributed by atoms with Gasteiger partial charge < -0.3 is 20.1 Å². The monoisotopic (exact) mass is 311 g/mol. The fourth-order valence-electron chi connectivity index (χ4n) is 2.55. The number of methoxy groups -OCH3 is 2. The standard InChI is InChI=1S/C17H17N3O3/c1-22-12-7-11(8-13(9-12)23-2)20-10-15(21)16(17(20)18)14-5-3-4-6-19-14/h3-9H,10,18H2,1-2H3. The molecule has 0 aliphatic carbocycles. The van der Waals surface area contributed by atoms with Crippen molar-refractivity contribution in [3.05, 3.63) is 54.1 Å². The van der Waals surface area contributed by atoms with Gasteiger partial charge in [-0.25, -0.2) is 0 Å². The molecule has 0 atom stereocenters. The van der Waals surface area contributed by atoms with Gasteiger partial charge in [0.2, 0.25) is 0 Å². The van der Waals surface area contributed by atoms with Gasteiger partial charge in [0.25, 0.3) is 0 Å². The van der Waals surface area contributed by atoms with Crippen LogP contribution in [0.4, 0.5) is 5.69 Å². The molecule has 6 nitrogen and oxygen atoms in total. The van der Waals surface area contributed by atoms with Crippen molar-refractivity contribution in [1.29, 1.82) is 0 Å². The number of pyridine rings is 1. The quantitative estimate of drug-likeness (QED) is 0.928. The number of aromatic nitrogens is 1. The minimum Gasteiger partial charge on any atom is -0.497 e. The molecule has 0 saturated carbocycles. The number of nitrogens with zero attached hydrogens (tertiary/aromatic N) is 2. The van der Waals surface area contributed by atoms with Crippen LogP contribution >= 0.6 is 0 Å². The summed E-state index contributed by atoms with van der Waals surface area (Å²) in [7, 11) is 3.15. The number of rotatable bonds is 4. The van der Waals surface area contributed by atoms with Gasteiger partial charge >= 0.3 is 0 Å². The largest absolute Gasteiger partial charge is 0.497 e. The summed E-state index contributed by atoms with van der Waals surface area (Å²) in [4.78, 5) is 18.4. The van der Waals surface area contributed by atoms with Gasteiger partial charge in [-0.1, -0.05) is 6.07 Å². The summed E-state index contributed by atoms with van der Waals surface area (Å²) in [6.45, 7) is 0.161. The lowest BCUT2D eigenvalue weighted by Gasteiger charge is -2.20. The molecule has 1 aliphatic rings. The summed E-state index contributed by atoms with van der Waals surface area (Å²) in [5, 5.41) is 0. The van der Waals surface area contributed by atoms with Gasteiger partial charge in [0.15, 0.2) is 5.78 Å². The maximum Gasteiger partial charge on any atom is 0.188 e. The normalized spacial score (nSPS) is 14.3. The van der Waals surface area contributed by atoms with E-state index >= 15 is 0 Å². The zero-order valence-corrected chi connectivity index (χ0v) is 12.9. The first-order valence-corrected chi connectivity index (χ1v) is 7.09. The highest BCUT2D eigenvalue weighted by Gasteiger charge is 2.31. The number of Topliss-reactive ketones (excluding diaryl/α,β-unsaturated/α-hetero) is 1. The summed E-state index contributed by atoms with van der Waals surface area (Å²) in [6.07, 6.45) is 1.64. The van der Waals surface area contributed by atoms with Crippen molar-refractivity contribution in [3.63, 3.8) is 0 Å². The van der Waals surface area contributed by atoms with E-state index in [1.54, 1.807) is 43.5 Å². The Balaban J connectivity index is 2.05. The zero-order valence-electron chi connectivity index (χ0n) is 12.9. The molecule has 0 bridgehead atoms. The minimum atomic E-state index is -0.0667. The summed E-state index contributed by atoms with van der Waals surface area (Å²) in [6, 6.07) is 10.8. The fourth-order valence-corrected chi connectivity index (χ4v) is 2.55. The number of carbonyl (C=O) groups is 1. The number of benzene rings is 1. The molecule has 1 aromatic carbocycles. The molecule has 2 aromatic rings. The molecule has 1 aliphatic heterocycles. The average Bonchev–Trinajstić information content (AvgIpc) is 2.89. The van der Waals surface area contributed by atoms with Crippen molar-refractivity contribution in [2.75, 3.05) is 25.7 Å². The number of ketones is 1. The third-order valence-corrected chi connectivity index (χ3v) is 3.70. The van der Waals surface area contributed by atoms with E-state index in [1.165, 1.54) is 0 Å². The molecule has 0 fully saturated rings. The van der Waals surface area contributed by atoms with Crippen LogP contribution in [0.25, 0.3) is 5.57 Å². The Bertz CT molecular complexity index is 750. The van der Waals surface area contributed by atoms with Crippen molar-refractivity contribution in [2.45, 2.75) is 0 Å². The van der Waals surface area contributed by atoms with Crippen LogP contribution in [0.1, 0.15) is 5.69 Å². The maximum atomic E-state index is 12.4. The highest BCUT2D eigenvalue weighted by atomic mass is 16.5. The number of hydrogen-bond acceptors (Lipinski definition) is 6. The highest BCUT2D eigenvalue weighted by Crippen LogP contribution is 2.34. The van der Waals surface area contributed by atoms with Gasteiger partial charge in [0, 0.05) is 24.4 Å². The zero-order chi connectivity index (χ0) is 16.4. The molecule has 3 rings (SSSR count). The first-order valence-electron chi connectivity index (χ1n) is 7.09. The van der Waals surface area contributed by atoms with Gasteiger partial charge in [0.05, 0.1) is 37.7 Å². The Morgan fingerprint density at radius 3 is 2.39 bits per heavy atom. The minimum absolute atomic E-state index is 0.0667. The van der Waals surface area contributed by atoms with E-state index in [-0.39, 0.29) is 12.3 Å². The maximum absolute atomic E-state index is 12.4. The molecule has 2 heterocycles. The van der Waals surface area contributed by atoms with Crippen LogP contribution in [0.15, 0.2) is 48.4 Å². The Morgan fingerprint density at radius 1 is 1.13 bits per heavy atom. The number of hydrogen-bond donors (Lipinski definition) is 1. The SMILES string of the molecule is COc1cc(OC)cc(N2CC(=O)C(c3ccccn3)=C2N)c1. The molecular weight excluding hydrogens is 294 g/mol. The van der Waals surface area contributed by atoms with E-state index in [4.69, 9.17) is 15.2 Å². The van der Waals surface area contributed by atoms with Gasteiger partial charge in [-0.2, -0.15) is 0 Å². The summed E-state index contributed by atoms with van der Waals surface area (Å²) in [5.74, 6) is 1.57. The van der Waals surface area contributed by atoms with E-state index in [0.29, 0.717) is 28.6 Å². The third kappa shape index (κ3) is 2.70. The van der Waals surface area contributed by atoms with Crippen LogP contribution in [0, 0.1) is 0 Å². The van der Waals surface area contributed by atoms with Crippen molar-refractivity contribution in [1.82, 2.24) is 4.98 Å². The molecule has 6 heteroatoms. The Hall–Kier alpha value is -3.02. The second kappa shape index (κ2) is 6.00. The molecule has 2 N–H and O–H groups in total. The highest BCUT2D eigenvalue weighted by molar-refractivity contribution is 6.26. The smallest absolute Gasteiger partial charge is 0.188 e. The van der Waals surface area contributed by atoms with Crippen molar-refractivity contribution in [3.8, 4) is 11.5 Å². The first kappa shape index (κ1) is 14.9. The van der Waals surface area contributed by atoms with Crippen LogP contribution < -0.4 is 20.1 Å². The van der Waals surface area contributed by atoms with Crippen molar-refractivity contribution >= 4 is 17.0 Å². The predicted molar refractivity (Wildman–Crippen MR) is 87.2 cm³/mol. The lowest BCUT2D eigenvalue weighted by molar-refractivity contribution is -0.112. The van der Waals surface area contributed by atoms with E-state index in [2.05, 4.69) is 4.98 Å². The predicted octanol–water partition coefficient (Wildman–Crippen LogP) is 1.82. The molecule has 0 saturated heterocycles. The number of anilines is 1. The van der Waals surface area contributed by atoms with Crippen molar-refractivity contribution < 1.29 is 14.3 Å². The Labute approximate surface area is 134 Å². The van der Waals surface area contributed by atoms with E-state index in [9.17, 15) is 4.79 Å². The Kier molecular flexibility index (Phi) is 3.89. The molecule has 23 heavy (non-hydrogen) atoms. The van der Waals surface area contributed by atoms with Crippen LogP contribution in [0.5, 0.6) is 11.5 Å². The number of carbonyl (C=O) groups excluding carboxylic acids is 1. The summed E-state index contributed by atoms with van der Waals surface area (Å²) in [5.41, 5.74) is 7.97. The molecule has 118 valence electrons. The first-order chi connectivity index (χ1) is 11.1. The van der Waals surface area contributed by atoms with Gasteiger partial charge in [-0.15, -0.1) is 0 Å². The average molecular weight is 311 g/mol. The van der Waals surface area contributed by atoms with Crippen molar-refractivity contribution in [2.24, 2.45) is 5.73 Å². The topological polar surface area (TPSA) is 77.7 Å². The molecule has 0 radical (unpaired) electrons.